The smallest absolute Gasteiger partial charge is 0.319 e. The number of carbonyl (C=O) groups is 1. The van der Waals surface area contributed by atoms with E-state index in [0.29, 0.717) is 30.0 Å². The minimum absolute atomic E-state index is 0.0771. The average Bonchev–Trinajstić information content (AvgIpc) is 3.07. The molecule has 0 spiro atoms. The van der Waals surface area contributed by atoms with Crippen LogP contribution in [0.2, 0.25) is 0 Å². The normalized spacial score (nSPS) is 11.3. The molecule has 4 N–H and O–H groups in total. The monoisotopic (exact) mass is 331 g/mol. The zero-order valence-electron chi connectivity index (χ0n) is 14.2. The number of aliphatic hydroxyl groups excluding tert-OH is 1. The van der Waals surface area contributed by atoms with Crippen molar-refractivity contribution in [3.05, 3.63) is 30.6 Å². The number of urea groups is 1. The average molecular weight is 331 g/mol. The van der Waals surface area contributed by atoms with Crippen molar-refractivity contribution >= 4 is 11.7 Å². The molecule has 7 nitrogen and oxygen atoms in total. The lowest BCUT2D eigenvalue weighted by molar-refractivity contribution is 0.165. The van der Waals surface area contributed by atoms with Gasteiger partial charge in [-0.15, -0.1) is 0 Å². The summed E-state index contributed by atoms with van der Waals surface area (Å²) in [5, 5.41) is 21.8. The highest BCUT2D eigenvalue weighted by atomic mass is 16.3. The van der Waals surface area contributed by atoms with Crippen LogP contribution in [0.25, 0.3) is 11.4 Å². The van der Waals surface area contributed by atoms with Crippen molar-refractivity contribution in [1.29, 1.82) is 0 Å². The van der Waals surface area contributed by atoms with E-state index in [0.717, 1.165) is 12.8 Å². The van der Waals surface area contributed by atoms with Crippen LogP contribution < -0.4 is 10.6 Å². The Hall–Kier alpha value is -2.41. The molecule has 0 fully saturated rings. The highest BCUT2D eigenvalue weighted by molar-refractivity contribution is 5.92. The Labute approximate surface area is 141 Å². The lowest BCUT2D eigenvalue weighted by Gasteiger charge is -2.31. The molecule has 24 heavy (non-hydrogen) atoms. The Morgan fingerprint density at radius 2 is 2.12 bits per heavy atom. The summed E-state index contributed by atoms with van der Waals surface area (Å²) in [6.07, 6.45) is 5.71. The van der Waals surface area contributed by atoms with Crippen molar-refractivity contribution < 1.29 is 9.90 Å². The maximum Gasteiger partial charge on any atom is 0.319 e. The molecular weight excluding hydrogens is 306 g/mol. The number of carbonyl (C=O) groups excluding carboxylic acids is 1. The predicted octanol–water partition coefficient (Wildman–Crippen LogP) is 2.78. The Balaban J connectivity index is 2.00. The number of H-pyrrole nitrogens is 1. The molecule has 130 valence electrons. The molecule has 0 aliphatic rings. The first-order valence-corrected chi connectivity index (χ1v) is 8.24. The number of aromatic nitrogens is 3. The number of rotatable bonds is 8. The molecule has 0 radical (unpaired) electrons. The van der Waals surface area contributed by atoms with Gasteiger partial charge in [-0.1, -0.05) is 19.9 Å². The number of nitrogens with zero attached hydrogens (tertiary/aromatic N) is 2. The number of hydrogen-bond acceptors (Lipinski definition) is 4. The van der Waals surface area contributed by atoms with Crippen LogP contribution >= 0.6 is 0 Å². The van der Waals surface area contributed by atoms with Crippen molar-refractivity contribution in [2.75, 3.05) is 18.5 Å². The minimum atomic E-state index is -0.294. The summed E-state index contributed by atoms with van der Waals surface area (Å²) >= 11 is 0. The number of hydrogen-bond donors (Lipinski definition) is 4. The van der Waals surface area contributed by atoms with Crippen molar-refractivity contribution in [3.63, 3.8) is 0 Å². The van der Waals surface area contributed by atoms with Crippen molar-refractivity contribution in [2.45, 2.75) is 33.1 Å². The molecule has 7 heteroatoms. The topological polar surface area (TPSA) is 103 Å². The van der Waals surface area contributed by atoms with Gasteiger partial charge in [-0.3, -0.25) is 10.1 Å². The molecular formula is C17H25N5O2. The van der Waals surface area contributed by atoms with Gasteiger partial charge in [0, 0.05) is 19.3 Å². The second-order valence-corrected chi connectivity index (χ2v) is 5.86. The van der Waals surface area contributed by atoms with Gasteiger partial charge in [-0.05, 0) is 36.8 Å². The fraction of sp³-hybridized carbons (Fsp3) is 0.471. The van der Waals surface area contributed by atoms with Crippen LogP contribution in [0.4, 0.5) is 10.5 Å². The third-order valence-electron chi connectivity index (χ3n) is 4.57. The van der Waals surface area contributed by atoms with E-state index >= 15 is 0 Å². The van der Waals surface area contributed by atoms with Crippen LogP contribution in [0.5, 0.6) is 0 Å². The number of amides is 2. The first-order valence-electron chi connectivity index (χ1n) is 8.24. The summed E-state index contributed by atoms with van der Waals surface area (Å²) in [7, 11) is 0. The molecule has 0 aromatic carbocycles. The van der Waals surface area contributed by atoms with Crippen LogP contribution in [0.15, 0.2) is 30.6 Å². The Morgan fingerprint density at radius 3 is 2.75 bits per heavy atom. The van der Waals surface area contributed by atoms with Crippen LogP contribution in [-0.2, 0) is 0 Å². The number of anilines is 1. The van der Waals surface area contributed by atoms with Crippen LogP contribution in [0, 0.1) is 5.41 Å². The molecule has 2 rings (SSSR count). The summed E-state index contributed by atoms with van der Waals surface area (Å²) in [4.78, 5) is 16.5. The van der Waals surface area contributed by atoms with E-state index in [1.807, 2.05) is 18.2 Å². The van der Waals surface area contributed by atoms with Crippen molar-refractivity contribution in [3.8, 4) is 11.4 Å². The van der Waals surface area contributed by atoms with E-state index in [4.69, 9.17) is 0 Å². The molecule has 0 aliphatic heterocycles. The Kier molecular flexibility index (Phi) is 6.31. The summed E-state index contributed by atoms with van der Waals surface area (Å²) < 4.78 is 0. The van der Waals surface area contributed by atoms with Gasteiger partial charge in [0.05, 0.1) is 17.6 Å². The summed E-state index contributed by atoms with van der Waals surface area (Å²) in [6, 6.07) is 5.25. The quantitative estimate of drug-likeness (QED) is 0.597. The predicted molar refractivity (Wildman–Crippen MR) is 93.6 cm³/mol. The van der Waals surface area contributed by atoms with Crippen LogP contribution in [0.1, 0.15) is 33.1 Å². The van der Waals surface area contributed by atoms with Gasteiger partial charge in [0.25, 0.3) is 0 Å². The molecule has 0 saturated carbocycles. The molecule has 2 amide bonds. The van der Waals surface area contributed by atoms with E-state index in [1.165, 1.54) is 0 Å². The Bertz CT molecular complexity index is 637. The second kappa shape index (κ2) is 8.44. The van der Waals surface area contributed by atoms with Gasteiger partial charge < -0.3 is 15.7 Å². The molecule has 2 aromatic rings. The van der Waals surface area contributed by atoms with Gasteiger partial charge in [0.1, 0.15) is 5.69 Å². The maximum atomic E-state index is 12.2. The minimum Gasteiger partial charge on any atom is -0.396 e. The lowest BCUT2D eigenvalue weighted by atomic mass is 9.79. The van der Waals surface area contributed by atoms with E-state index in [2.05, 4.69) is 39.7 Å². The second-order valence-electron chi connectivity index (χ2n) is 5.86. The number of nitrogens with one attached hydrogen (secondary N) is 3. The summed E-state index contributed by atoms with van der Waals surface area (Å²) in [6.45, 7) is 4.79. The first kappa shape index (κ1) is 17.9. The highest BCUT2D eigenvalue weighted by Gasteiger charge is 2.26. The van der Waals surface area contributed by atoms with Crippen LogP contribution in [-0.4, -0.2) is 39.5 Å². The standard InChI is InChI=1S/C17H25N5O2/c1-3-17(4-2,8-10-23)12-19-16(24)21-14-11-20-22-15(14)13-7-5-6-9-18-13/h5-7,9,11,23H,3-4,8,10,12H2,1-2H3,(H,20,22)(H2,19,21,24). The van der Waals surface area contributed by atoms with Gasteiger partial charge in [-0.25, -0.2) is 4.79 Å². The van der Waals surface area contributed by atoms with Gasteiger partial charge >= 0.3 is 6.03 Å². The maximum absolute atomic E-state index is 12.2. The molecule has 0 atom stereocenters. The molecule has 0 unspecified atom stereocenters. The zero-order valence-corrected chi connectivity index (χ0v) is 14.2. The SMILES string of the molecule is CCC(CC)(CCO)CNC(=O)Nc1cn[nH]c1-c1ccccn1. The van der Waals surface area contributed by atoms with Gasteiger partial charge in [0.2, 0.25) is 0 Å². The molecule has 0 aliphatic carbocycles. The number of aromatic amines is 1. The largest absolute Gasteiger partial charge is 0.396 e. The zero-order chi connectivity index (χ0) is 17.4. The summed E-state index contributed by atoms with van der Waals surface area (Å²) in [5.74, 6) is 0. The molecule has 2 heterocycles. The third-order valence-corrected chi connectivity index (χ3v) is 4.57. The third kappa shape index (κ3) is 4.32. The van der Waals surface area contributed by atoms with Gasteiger partial charge in [0.15, 0.2) is 0 Å². The lowest BCUT2D eigenvalue weighted by Crippen LogP contribution is -2.39. The number of pyridine rings is 1. The van der Waals surface area contributed by atoms with Crippen molar-refractivity contribution in [2.24, 2.45) is 5.41 Å². The van der Waals surface area contributed by atoms with Crippen LogP contribution in [0.3, 0.4) is 0 Å². The summed E-state index contributed by atoms with van der Waals surface area (Å²) in [5.41, 5.74) is 1.87. The molecule has 2 aromatic heterocycles. The van der Waals surface area contributed by atoms with E-state index in [1.54, 1.807) is 12.4 Å². The molecule has 0 bridgehead atoms. The fourth-order valence-corrected chi connectivity index (χ4v) is 2.70. The van der Waals surface area contributed by atoms with E-state index < -0.39 is 0 Å². The van der Waals surface area contributed by atoms with Crippen molar-refractivity contribution in [1.82, 2.24) is 20.5 Å². The highest BCUT2D eigenvalue weighted by Crippen LogP contribution is 2.29. The first-order chi connectivity index (χ1) is 11.6. The van der Waals surface area contributed by atoms with E-state index in [-0.39, 0.29) is 18.1 Å². The molecule has 0 saturated heterocycles. The number of aliphatic hydroxyl groups is 1. The fourth-order valence-electron chi connectivity index (χ4n) is 2.70. The van der Waals surface area contributed by atoms with E-state index in [9.17, 15) is 9.90 Å². The van der Waals surface area contributed by atoms with Gasteiger partial charge in [-0.2, -0.15) is 5.10 Å². The Morgan fingerprint density at radius 1 is 1.33 bits per heavy atom.